The van der Waals surface area contributed by atoms with Crippen LogP contribution in [-0.4, -0.2) is 33.4 Å². The summed E-state index contributed by atoms with van der Waals surface area (Å²) in [6.07, 6.45) is 0. The van der Waals surface area contributed by atoms with Gasteiger partial charge in [0.2, 0.25) is 0 Å². The highest BCUT2D eigenvalue weighted by molar-refractivity contribution is 6.30. The van der Waals surface area contributed by atoms with E-state index < -0.39 is 35.7 Å². The molecule has 6 nitrogen and oxygen atoms in total. The van der Waals surface area contributed by atoms with Gasteiger partial charge in [0.25, 0.3) is 23.6 Å². The van der Waals surface area contributed by atoms with E-state index in [0.717, 1.165) is 54.2 Å². The highest BCUT2D eigenvalue weighted by Gasteiger charge is 2.37. The van der Waals surface area contributed by atoms with Crippen LogP contribution in [0.25, 0.3) is 64.6 Å². The van der Waals surface area contributed by atoms with Crippen LogP contribution in [0.4, 0.5) is 0 Å². The summed E-state index contributed by atoms with van der Waals surface area (Å²) in [5, 5.41) is 8.98. The van der Waals surface area contributed by atoms with Gasteiger partial charge in [-0.15, -0.1) is 0 Å². The number of hydrogen-bond donors (Lipinski definition) is 0. The molecule has 326 valence electrons. The minimum atomic E-state index is -0.728. The van der Waals surface area contributed by atoms with E-state index in [2.05, 4.69) is 0 Å². The Morgan fingerprint density at radius 3 is 0.868 bits per heavy atom. The van der Waals surface area contributed by atoms with Gasteiger partial charge >= 0.3 is 0 Å². The van der Waals surface area contributed by atoms with E-state index in [0.29, 0.717) is 32.7 Å². The zero-order valence-electron chi connectivity index (χ0n) is 37.5. The van der Waals surface area contributed by atoms with E-state index in [4.69, 9.17) is 0 Å². The smallest absolute Gasteiger partial charge is 0.262 e. The Morgan fingerprint density at radius 1 is 0.279 bits per heavy atom. The fourth-order valence-electron chi connectivity index (χ4n) is 10.3. The molecular formula is C62H44N2O4. The number of benzene rings is 11. The van der Waals surface area contributed by atoms with Crippen molar-refractivity contribution in [2.24, 2.45) is 0 Å². The second-order valence-corrected chi connectivity index (χ2v) is 17.3. The maximum Gasteiger partial charge on any atom is 0.262 e. The van der Waals surface area contributed by atoms with Crippen LogP contribution in [0.1, 0.15) is 78.5 Å². The van der Waals surface area contributed by atoms with Gasteiger partial charge in [0, 0.05) is 11.1 Å². The monoisotopic (exact) mass is 880 g/mol. The summed E-state index contributed by atoms with van der Waals surface area (Å²) in [6, 6.07) is 67.6. The Kier molecular flexibility index (Phi) is 10.6. The second-order valence-electron chi connectivity index (χ2n) is 17.3. The van der Waals surface area contributed by atoms with Gasteiger partial charge in [-0.25, -0.2) is 0 Å². The molecule has 0 spiro atoms. The zero-order chi connectivity index (χ0) is 46.5. The maximum atomic E-state index is 16.1. The number of hydrogen-bond acceptors (Lipinski definition) is 4. The summed E-state index contributed by atoms with van der Waals surface area (Å²) >= 11 is 0. The van der Waals surface area contributed by atoms with Gasteiger partial charge in [-0.1, -0.05) is 206 Å². The van der Waals surface area contributed by atoms with E-state index in [9.17, 15) is 0 Å². The third-order valence-electron chi connectivity index (χ3n) is 13.6. The molecule has 11 rings (SSSR count). The average Bonchev–Trinajstić information content (AvgIpc) is 3.39. The predicted octanol–water partition coefficient (Wildman–Crippen LogP) is 14.7. The fraction of sp³-hybridized carbons (Fsp3) is 0.0645. The predicted molar refractivity (Wildman–Crippen MR) is 275 cm³/mol. The molecule has 0 N–H and O–H groups in total. The Bertz CT molecular complexity index is 3530. The molecule has 0 bridgehead atoms. The molecule has 0 radical (unpaired) electrons. The lowest BCUT2D eigenvalue weighted by atomic mass is 9.88. The van der Waals surface area contributed by atoms with Gasteiger partial charge in [-0.05, 0) is 102 Å². The molecule has 11 aromatic carbocycles. The standard InChI is InChI=1S/C62H44N2O4/c1-39(45-35-15-23-41-19-3-7-27-47(41)45)63(59(65)55-37-17-25-43-21-5-9-29-49(43)55)61(67)57-51-31-11-13-33-53(51)58(54-34-14-12-32-52(54)57)62(68)64(40(2)46-36-16-24-42-20-4-8-28-48(42)46)60(66)56-38-18-26-44-22-6-10-30-50(44)56/h3-40H,1-2H3/t39-,40-/m0/s1. The van der Waals surface area contributed by atoms with Crippen LogP contribution in [0.3, 0.4) is 0 Å². The van der Waals surface area contributed by atoms with Gasteiger partial charge < -0.3 is 0 Å². The molecule has 0 heterocycles. The molecule has 2 atom stereocenters. The molecule has 0 fully saturated rings. The lowest BCUT2D eigenvalue weighted by molar-refractivity contribution is 0.0542. The first-order chi connectivity index (χ1) is 33.3. The molecule has 0 aromatic heterocycles. The number of rotatable bonds is 8. The number of amides is 4. The van der Waals surface area contributed by atoms with E-state index >= 15 is 19.2 Å². The lowest BCUT2D eigenvalue weighted by Crippen LogP contribution is -2.40. The van der Waals surface area contributed by atoms with Gasteiger partial charge in [0.15, 0.2) is 0 Å². The highest BCUT2D eigenvalue weighted by atomic mass is 16.2. The quantitative estimate of drug-likeness (QED) is 0.113. The maximum absolute atomic E-state index is 16.1. The van der Waals surface area contributed by atoms with Crippen molar-refractivity contribution in [3.05, 3.63) is 252 Å². The number of imide groups is 2. The van der Waals surface area contributed by atoms with Crippen molar-refractivity contribution in [1.29, 1.82) is 0 Å². The number of carbonyl (C=O) groups excluding carboxylic acids is 4. The minimum Gasteiger partial charge on any atom is -0.269 e. The van der Waals surface area contributed by atoms with Crippen molar-refractivity contribution >= 4 is 88.3 Å². The summed E-state index contributed by atoms with van der Waals surface area (Å²) in [5.74, 6) is -1.92. The molecule has 0 saturated heterocycles. The van der Waals surface area contributed by atoms with Gasteiger partial charge in [0.05, 0.1) is 23.2 Å². The third-order valence-corrected chi connectivity index (χ3v) is 13.6. The number of fused-ring (bicyclic) bond motifs is 6. The van der Waals surface area contributed by atoms with Crippen LogP contribution in [-0.2, 0) is 0 Å². The summed E-state index contributed by atoms with van der Waals surface area (Å²) in [6.45, 7) is 3.80. The van der Waals surface area contributed by atoms with Gasteiger partial charge in [-0.3, -0.25) is 29.0 Å². The van der Waals surface area contributed by atoms with Crippen molar-refractivity contribution in [2.75, 3.05) is 0 Å². The van der Waals surface area contributed by atoms with Crippen molar-refractivity contribution < 1.29 is 19.2 Å². The van der Waals surface area contributed by atoms with E-state index in [-0.39, 0.29) is 11.1 Å². The highest BCUT2D eigenvalue weighted by Crippen LogP contribution is 2.40. The number of carbonyl (C=O) groups is 4. The van der Waals surface area contributed by atoms with Gasteiger partial charge in [0.1, 0.15) is 0 Å². The van der Waals surface area contributed by atoms with E-state index in [1.54, 1.807) is 12.1 Å². The average molecular weight is 881 g/mol. The zero-order valence-corrected chi connectivity index (χ0v) is 37.5. The SMILES string of the molecule is C[C@@H](c1cccc2ccccc12)N(C(=O)c1cccc2ccccc12)C(=O)c1c2ccccc2c(C(=O)N(C(=O)c2cccc3ccccc23)[C@@H](C)c2cccc3ccccc23)c2ccccc12. The molecule has 68 heavy (non-hydrogen) atoms. The van der Waals surface area contributed by atoms with Crippen LogP contribution in [0.15, 0.2) is 218 Å². The van der Waals surface area contributed by atoms with Crippen molar-refractivity contribution in [3.63, 3.8) is 0 Å². The third kappa shape index (κ3) is 6.97. The first-order valence-corrected chi connectivity index (χ1v) is 22.9. The van der Waals surface area contributed by atoms with Crippen LogP contribution in [0.5, 0.6) is 0 Å². The van der Waals surface area contributed by atoms with Crippen LogP contribution >= 0.6 is 0 Å². The van der Waals surface area contributed by atoms with Crippen molar-refractivity contribution in [2.45, 2.75) is 25.9 Å². The Morgan fingerprint density at radius 2 is 0.529 bits per heavy atom. The molecule has 4 amide bonds. The topological polar surface area (TPSA) is 74.8 Å². The Hall–Kier alpha value is -8.74. The lowest BCUT2D eigenvalue weighted by Gasteiger charge is -2.32. The molecule has 0 aliphatic carbocycles. The summed E-state index contributed by atoms with van der Waals surface area (Å²) < 4.78 is 0. The van der Waals surface area contributed by atoms with Crippen molar-refractivity contribution in [3.8, 4) is 0 Å². The van der Waals surface area contributed by atoms with Crippen LogP contribution in [0, 0.1) is 0 Å². The molecule has 11 aromatic rings. The molecular weight excluding hydrogens is 837 g/mol. The van der Waals surface area contributed by atoms with Crippen LogP contribution < -0.4 is 0 Å². The first-order valence-electron chi connectivity index (χ1n) is 22.9. The summed E-state index contributed by atoms with van der Waals surface area (Å²) in [4.78, 5) is 65.9. The number of nitrogens with zero attached hydrogens (tertiary/aromatic N) is 2. The largest absolute Gasteiger partial charge is 0.269 e. The summed E-state index contributed by atoms with van der Waals surface area (Å²) in [5.41, 5.74) is 2.98. The minimum absolute atomic E-state index is 0.280. The van der Waals surface area contributed by atoms with E-state index in [1.807, 2.05) is 220 Å². The molecule has 0 aliphatic rings. The van der Waals surface area contributed by atoms with Gasteiger partial charge in [-0.2, -0.15) is 0 Å². The molecule has 0 unspecified atom stereocenters. The first kappa shape index (κ1) is 41.9. The van der Waals surface area contributed by atoms with E-state index in [1.165, 1.54) is 9.80 Å². The molecule has 0 aliphatic heterocycles. The normalized spacial score (nSPS) is 12.4. The Balaban J connectivity index is 1.14. The molecule has 6 heteroatoms. The van der Waals surface area contributed by atoms with Crippen LogP contribution in [0.2, 0.25) is 0 Å². The molecule has 0 saturated carbocycles. The summed E-state index contributed by atoms with van der Waals surface area (Å²) in [7, 11) is 0. The van der Waals surface area contributed by atoms with Crippen molar-refractivity contribution in [1.82, 2.24) is 9.80 Å². The second kappa shape index (κ2) is 17.2. The Labute approximate surface area is 393 Å². The fourth-order valence-corrected chi connectivity index (χ4v) is 10.3.